The van der Waals surface area contributed by atoms with Crippen LogP contribution in [0.5, 0.6) is 0 Å². The van der Waals surface area contributed by atoms with Gasteiger partial charge in [-0.15, -0.1) is 0 Å². The van der Waals surface area contributed by atoms with Gasteiger partial charge >= 0.3 is 0 Å². The minimum Gasteiger partial charge on any atom is -0.0996 e. The quantitative estimate of drug-likeness (QED) is 0.446. The van der Waals surface area contributed by atoms with Crippen molar-refractivity contribution in [2.24, 2.45) is 23.7 Å². The van der Waals surface area contributed by atoms with Crippen LogP contribution < -0.4 is 0 Å². The normalized spacial score (nSPS) is 50.2. The molecule has 2 aliphatic rings. The van der Waals surface area contributed by atoms with Gasteiger partial charge in [0.15, 0.2) is 0 Å². The largest absolute Gasteiger partial charge is 0.0996 e. The molecule has 1 fully saturated rings. The summed E-state index contributed by atoms with van der Waals surface area (Å²) in [6.07, 6.45) is 2.81. The lowest BCUT2D eigenvalue weighted by Crippen LogP contribution is -2.35. The molecular formula is C10H14. The van der Waals surface area contributed by atoms with Crippen molar-refractivity contribution in [2.45, 2.75) is 26.7 Å². The number of fused-ring (bicyclic) bond motifs is 1. The SMILES string of the molecule is CC1C#CC2CCC2C1C. The maximum Gasteiger partial charge on any atom is 0.0234 e. The zero-order chi connectivity index (χ0) is 7.14. The van der Waals surface area contributed by atoms with E-state index in [1.165, 1.54) is 12.8 Å². The van der Waals surface area contributed by atoms with E-state index < -0.39 is 0 Å². The highest BCUT2D eigenvalue weighted by molar-refractivity contribution is 5.17. The zero-order valence-electron chi connectivity index (χ0n) is 6.72. The fourth-order valence-corrected chi connectivity index (χ4v) is 2.08. The summed E-state index contributed by atoms with van der Waals surface area (Å²) in [5, 5.41) is 0. The van der Waals surface area contributed by atoms with Gasteiger partial charge in [0.25, 0.3) is 0 Å². The topological polar surface area (TPSA) is 0 Å². The fraction of sp³-hybridized carbons (Fsp3) is 0.800. The van der Waals surface area contributed by atoms with Crippen molar-refractivity contribution in [1.82, 2.24) is 0 Å². The lowest BCUT2D eigenvalue weighted by molar-refractivity contribution is 0.128. The van der Waals surface area contributed by atoms with Gasteiger partial charge in [-0.25, -0.2) is 0 Å². The Balaban J connectivity index is 2.20. The molecule has 2 rings (SSSR count). The van der Waals surface area contributed by atoms with Crippen LogP contribution in [0.2, 0.25) is 0 Å². The van der Waals surface area contributed by atoms with Crippen LogP contribution in [0.3, 0.4) is 0 Å². The molecule has 0 radical (unpaired) electrons. The first-order valence-electron chi connectivity index (χ1n) is 4.30. The Morgan fingerprint density at radius 1 is 1.10 bits per heavy atom. The lowest BCUT2D eigenvalue weighted by atomic mass is 9.62. The van der Waals surface area contributed by atoms with Crippen molar-refractivity contribution >= 4 is 0 Å². The molecule has 10 heavy (non-hydrogen) atoms. The van der Waals surface area contributed by atoms with E-state index in [-0.39, 0.29) is 0 Å². The molecule has 54 valence electrons. The predicted molar refractivity (Wildman–Crippen MR) is 42.3 cm³/mol. The first-order chi connectivity index (χ1) is 4.79. The molecular weight excluding hydrogens is 120 g/mol. The summed E-state index contributed by atoms with van der Waals surface area (Å²) < 4.78 is 0. The Hall–Kier alpha value is -0.440. The van der Waals surface area contributed by atoms with Crippen LogP contribution in [-0.4, -0.2) is 0 Å². The Morgan fingerprint density at radius 3 is 2.40 bits per heavy atom. The molecule has 0 aromatic rings. The van der Waals surface area contributed by atoms with Crippen LogP contribution in [0.25, 0.3) is 0 Å². The van der Waals surface area contributed by atoms with Crippen molar-refractivity contribution in [3.63, 3.8) is 0 Å². The van der Waals surface area contributed by atoms with Gasteiger partial charge in [0.1, 0.15) is 0 Å². The van der Waals surface area contributed by atoms with E-state index in [9.17, 15) is 0 Å². The molecule has 0 saturated heterocycles. The van der Waals surface area contributed by atoms with Crippen LogP contribution in [0, 0.1) is 35.5 Å². The van der Waals surface area contributed by atoms with Crippen molar-refractivity contribution in [3.05, 3.63) is 0 Å². The third-order valence-electron chi connectivity index (χ3n) is 3.29. The monoisotopic (exact) mass is 134 g/mol. The molecule has 0 aromatic carbocycles. The van der Waals surface area contributed by atoms with E-state index in [4.69, 9.17) is 0 Å². The van der Waals surface area contributed by atoms with Crippen molar-refractivity contribution in [2.75, 3.05) is 0 Å². The summed E-state index contributed by atoms with van der Waals surface area (Å²) in [6, 6.07) is 0. The molecule has 0 heterocycles. The van der Waals surface area contributed by atoms with E-state index in [1.54, 1.807) is 0 Å². The Morgan fingerprint density at radius 2 is 1.90 bits per heavy atom. The fourth-order valence-electron chi connectivity index (χ4n) is 2.08. The average molecular weight is 134 g/mol. The third kappa shape index (κ3) is 0.700. The first-order valence-corrected chi connectivity index (χ1v) is 4.30. The van der Waals surface area contributed by atoms with Gasteiger partial charge in [-0.3, -0.25) is 0 Å². The molecule has 0 bridgehead atoms. The van der Waals surface area contributed by atoms with Gasteiger partial charge in [-0.2, -0.15) is 0 Å². The maximum absolute atomic E-state index is 3.35. The summed E-state index contributed by atoms with van der Waals surface area (Å²) in [6.45, 7) is 4.61. The van der Waals surface area contributed by atoms with Crippen LogP contribution in [-0.2, 0) is 0 Å². The van der Waals surface area contributed by atoms with Gasteiger partial charge in [-0.05, 0) is 24.7 Å². The summed E-state index contributed by atoms with van der Waals surface area (Å²) in [5.74, 6) is 9.92. The first kappa shape index (κ1) is 6.28. The standard InChI is InChI=1S/C10H14/c1-7-3-4-9-5-6-10(9)8(7)2/h7-10H,5-6H2,1-2H3. The molecule has 0 aromatic heterocycles. The molecule has 1 saturated carbocycles. The Labute approximate surface area is 63.0 Å². The van der Waals surface area contributed by atoms with Gasteiger partial charge in [0, 0.05) is 11.8 Å². The smallest absolute Gasteiger partial charge is 0.0234 e. The molecule has 0 N–H and O–H groups in total. The van der Waals surface area contributed by atoms with Gasteiger partial charge in [0.05, 0.1) is 0 Å². The molecule has 4 atom stereocenters. The second-order valence-corrected chi connectivity index (χ2v) is 3.78. The number of hydrogen-bond donors (Lipinski definition) is 0. The minimum absolute atomic E-state index is 0.654. The van der Waals surface area contributed by atoms with Crippen molar-refractivity contribution in [1.29, 1.82) is 0 Å². The highest BCUT2D eigenvalue weighted by Crippen LogP contribution is 2.43. The minimum atomic E-state index is 0.654. The molecule has 0 aliphatic heterocycles. The van der Waals surface area contributed by atoms with E-state index in [0.29, 0.717) is 5.92 Å². The van der Waals surface area contributed by atoms with Gasteiger partial charge in [0.2, 0.25) is 0 Å². The van der Waals surface area contributed by atoms with Crippen LogP contribution in [0.1, 0.15) is 26.7 Å². The number of rotatable bonds is 0. The predicted octanol–water partition coefficient (Wildman–Crippen LogP) is 2.30. The summed E-state index contributed by atoms with van der Waals surface area (Å²) in [4.78, 5) is 0. The second kappa shape index (κ2) is 2.02. The molecule has 0 nitrogen and oxygen atoms in total. The van der Waals surface area contributed by atoms with E-state index in [0.717, 1.165) is 17.8 Å². The highest BCUT2D eigenvalue weighted by atomic mass is 14.4. The highest BCUT2D eigenvalue weighted by Gasteiger charge is 2.37. The van der Waals surface area contributed by atoms with Crippen molar-refractivity contribution < 1.29 is 0 Å². The molecule has 0 amide bonds. The van der Waals surface area contributed by atoms with Gasteiger partial charge < -0.3 is 0 Å². The molecule has 0 spiro atoms. The zero-order valence-corrected chi connectivity index (χ0v) is 6.72. The van der Waals surface area contributed by atoms with Crippen molar-refractivity contribution in [3.8, 4) is 11.8 Å². The molecule has 0 heteroatoms. The Bertz CT molecular complexity index is 184. The van der Waals surface area contributed by atoms with E-state index in [2.05, 4.69) is 25.7 Å². The van der Waals surface area contributed by atoms with Crippen LogP contribution in [0.4, 0.5) is 0 Å². The third-order valence-corrected chi connectivity index (χ3v) is 3.29. The van der Waals surface area contributed by atoms with Crippen LogP contribution in [0.15, 0.2) is 0 Å². The van der Waals surface area contributed by atoms with E-state index >= 15 is 0 Å². The molecule has 4 unspecified atom stereocenters. The van der Waals surface area contributed by atoms with E-state index in [1.807, 2.05) is 0 Å². The van der Waals surface area contributed by atoms with Gasteiger partial charge in [-0.1, -0.05) is 25.7 Å². The van der Waals surface area contributed by atoms with Crippen LogP contribution >= 0.6 is 0 Å². The number of hydrogen-bond acceptors (Lipinski definition) is 0. The maximum atomic E-state index is 3.35. The molecule has 2 aliphatic carbocycles. The second-order valence-electron chi connectivity index (χ2n) is 3.78. The summed E-state index contributed by atoms with van der Waals surface area (Å²) >= 11 is 0. The average Bonchev–Trinajstić information content (AvgIpc) is 1.82. The Kier molecular flexibility index (Phi) is 1.27. The lowest BCUT2D eigenvalue weighted by Gasteiger charge is -2.41. The summed E-state index contributed by atoms with van der Waals surface area (Å²) in [5.41, 5.74) is 0. The summed E-state index contributed by atoms with van der Waals surface area (Å²) in [7, 11) is 0.